The van der Waals surface area contributed by atoms with Gasteiger partial charge in [0.2, 0.25) is 5.88 Å². The number of nitrogens with zero attached hydrogens (tertiary/aromatic N) is 5. The van der Waals surface area contributed by atoms with Crippen LogP contribution in [0.2, 0.25) is 0 Å². The maximum atomic E-state index is 9.26. The van der Waals surface area contributed by atoms with Gasteiger partial charge in [0.15, 0.2) is 11.5 Å². The molecule has 0 aliphatic carbocycles. The van der Waals surface area contributed by atoms with E-state index in [0.717, 1.165) is 24.1 Å². The zero-order valence-electron chi connectivity index (χ0n) is 18.3. The van der Waals surface area contributed by atoms with Crippen molar-refractivity contribution in [2.24, 2.45) is 0 Å². The van der Waals surface area contributed by atoms with Crippen molar-refractivity contribution in [1.29, 1.82) is 0 Å². The number of aliphatic hydroxyl groups is 1. The fourth-order valence-electron chi connectivity index (χ4n) is 3.08. The van der Waals surface area contributed by atoms with Gasteiger partial charge in [-0.15, -0.1) is 5.10 Å². The molecule has 2 unspecified atom stereocenters. The van der Waals surface area contributed by atoms with Crippen molar-refractivity contribution in [3.63, 3.8) is 0 Å². The van der Waals surface area contributed by atoms with Crippen LogP contribution in [0, 0.1) is 0 Å². The Morgan fingerprint density at radius 1 is 1.23 bits per heavy atom. The lowest BCUT2D eigenvalue weighted by Crippen LogP contribution is -2.28. The smallest absolute Gasteiger partial charge is 0.336 e. The quantitative estimate of drug-likeness (QED) is 0.393. The van der Waals surface area contributed by atoms with E-state index in [-0.39, 0.29) is 30.6 Å². The van der Waals surface area contributed by atoms with Gasteiger partial charge in [0.1, 0.15) is 12.7 Å². The van der Waals surface area contributed by atoms with Gasteiger partial charge in [-0.25, -0.2) is 14.5 Å². The molecule has 0 aliphatic heterocycles. The average molecular weight is 430 g/mol. The van der Waals surface area contributed by atoms with E-state index in [2.05, 4.69) is 32.3 Å². The first-order valence-electron chi connectivity index (χ1n) is 10.6. The van der Waals surface area contributed by atoms with Crippen LogP contribution in [-0.2, 0) is 6.42 Å². The Bertz CT molecular complexity index is 956. The predicted molar refractivity (Wildman–Crippen MR) is 117 cm³/mol. The number of anilines is 1. The summed E-state index contributed by atoms with van der Waals surface area (Å²) in [5.74, 6) is 0.827. The second-order valence-corrected chi connectivity index (χ2v) is 7.49. The van der Waals surface area contributed by atoms with E-state index in [1.165, 1.54) is 0 Å². The first kappa shape index (κ1) is 22.7. The number of likely N-dealkylation sites (N-methyl/N-ethyl adjacent to an activating group) is 1. The number of pyridine rings is 1. The van der Waals surface area contributed by atoms with Crippen molar-refractivity contribution in [3.8, 4) is 11.9 Å². The third-order valence-corrected chi connectivity index (χ3v) is 4.93. The average Bonchev–Trinajstić information content (AvgIpc) is 3.16. The van der Waals surface area contributed by atoms with Crippen molar-refractivity contribution in [2.75, 3.05) is 26.0 Å². The number of nitrogen functional groups attached to an aromatic ring is 1. The van der Waals surface area contributed by atoms with Gasteiger partial charge in [-0.1, -0.05) is 19.4 Å². The summed E-state index contributed by atoms with van der Waals surface area (Å²) in [6.07, 6.45) is 6.14. The largest absolute Gasteiger partial charge is 0.476 e. The molecule has 0 aromatic carbocycles. The standard InChI is InChI=1S/C21H31N7O3/c1-4-5-17(8-9-29)31-21-26-19(22)20-25-12-16(28(20)27-21)10-15-6-7-18(24-11-15)30-13-14(2)23-3/h6-7,11-12,14,17,23,29H,4-5,8-10,13H2,1-3H3,(H2,22,26,27). The van der Waals surface area contributed by atoms with E-state index in [9.17, 15) is 5.11 Å². The van der Waals surface area contributed by atoms with E-state index in [1.54, 1.807) is 16.9 Å². The van der Waals surface area contributed by atoms with Crippen LogP contribution in [0.1, 0.15) is 44.4 Å². The van der Waals surface area contributed by atoms with Crippen molar-refractivity contribution in [1.82, 2.24) is 29.9 Å². The van der Waals surface area contributed by atoms with Gasteiger partial charge in [0.05, 0.1) is 11.9 Å². The number of aromatic nitrogens is 5. The van der Waals surface area contributed by atoms with Crippen LogP contribution in [-0.4, -0.2) is 62.1 Å². The number of aliphatic hydroxyl groups excluding tert-OH is 1. The highest BCUT2D eigenvalue weighted by molar-refractivity contribution is 5.59. The molecule has 3 aromatic rings. The number of imidazole rings is 1. The number of fused-ring (bicyclic) bond motifs is 1. The molecule has 0 saturated carbocycles. The van der Waals surface area contributed by atoms with E-state index < -0.39 is 0 Å². The molecule has 0 spiro atoms. The highest BCUT2D eigenvalue weighted by Crippen LogP contribution is 2.19. The maximum Gasteiger partial charge on any atom is 0.336 e. The number of nitrogens with one attached hydrogen (secondary N) is 1. The summed E-state index contributed by atoms with van der Waals surface area (Å²) in [5.41, 5.74) is 8.38. The molecule has 3 rings (SSSR count). The maximum absolute atomic E-state index is 9.26. The third kappa shape index (κ3) is 6.02. The van der Waals surface area contributed by atoms with Crippen molar-refractivity contribution in [2.45, 2.75) is 51.7 Å². The van der Waals surface area contributed by atoms with E-state index in [4.69, 9.17) is 15.2 Å². The van der Waals surface area contributed by atoms with Gasteiger partial charge in [0, 0.05) is 37.8 Å². The molecule has 10 nitrogen and oxygen atoms in total. The normalized spacial score (nSPS) is 13.3. The van der Waals surface area contributed by atoms with Gasteiger partial charge in [-0.3, -0.25) is 0 Å². The summed E-state index contributed by atoms with van der Waals surface area (Å²) >= 11 is 0. The molecule has 0 bridgehead atoms. The number of ether oxygens (including phenoxy) is 2. The molecule has 0 aliphatic rings. The van der Waals surface area contributed by atoms with Crippen LogP contribution in [0.4, 0.5) is 5.82 Å². The lowest BCUT2D eigenvalue weighted by molar-refractivity contribution is 0.133. The lowest BCUT2D eigenvalue weighted by atomic mass is 10.1. The number of hydrogen-bond acceptors (Lipinski definition) is 9. The summed E-state index contributed by atoms with van der Waals surface area (Å²) in [5, 5.41) is 16.9. The Kier molecular flexibility index (Phi) is 7.96. The van der Waals surface area contributed by atoms with E-state index in [0.29, 0.717) is 31.0 Å². The second-order valence-electron chi connectivity index (χ2n) is 7.49. The molecule has 0 radical (unpaired) electrons. The van der Waals surface area contributed by atoms with Gasteiger partial charge in [-0.2, -0.15) is 4.98 Å². The molecule has 31 heavy (non-hydrogen) atoms. The molecule has 0 fully saturated rings. The number of nitrogens with two attached hydrogens (primary N) is 1. The topological polar surface area (TPSA) is 133 Å². The molecule has 168 valence electrons. The molecule has 4 N–H and O–H groups in total. The zero-order chi connectivity index (χ0) is 22.2. The zero-order valence-corrected chi connectivity index (χ0v) is 18.3. The minimum absolute atomic E-state index is 0.0410. The first-order valence-corrected chi connectivity index (χ1v) is 10.6. The molecule has 0 saturated heterocycles. The van der Waals surface area contributed by atoms with Crippen LogP contribution in [0.25, 0.3) is 5.65 Å². The second kappa shape index (κ2) is 10.9. The number of rotatable bonds is 12. The Morgan fingerprint density at radius 3 is 2.74 bits per heavy atom. The van der Waals surface area contributed by atoms with Crippen LogP contribution in [0.5, 0.6) is 11.9 Å². The molecular weight excluding hydrogens is 398 g/mol. The summed E-state index contributed by atoms with van der Waals surface area (Å²) in [7, 11) is 1.89. The highest BCUT2D eigenvalue weighted by Gasteiger charge is 2.16. The molecule has 3 aromatic heterocycles. The minimum Gasteiger partial charge on any atom is -0.476 e. The van der Waals surface area contributed by atoms with E-state index in [1.807, 2.05) is 26.1 Å². The summed E-state index contributed by atoms with van der Waals surface area (Å²) < 4.78 is 13.2. The highest BCUT2D eigenvalue weighted by atomic mass is 16.5. The van der Waals surface area contributed by atoms with Gasteiger partial charge < -0.3 is 25.6 Å². The van der Waals surface area contributed by atoms with Crippen LogP contribution >= 0.6 is 0 Å². The summed E-state index contributed by atoms with van der Waals surface area (Å²) in [6.45, 7) is 4.69. The van der Waals surface area contributed by atoms with Crippen molar-refractivity contribution < 1.29 is 14.6 Å². The summed E-state index contributed by atoms with van der Waals surface area (Å²) in [4.78, 5) is 12.9. The van der Waals surface area contributed by atoms with Crippen molar-refractivity contribution >= 4 is 11.5 Å². The first-order chi connectivity index (χ1) is 15.0. The molecule has 0 amide bonds. The van der Waals surface area contributed by atoms with Gasteiger partial charge >= 0.3 is 6.01 Å². The Hall–Kier alpha value is -2.98. The number of hydrogen-bond donors (Lipinski definition) is 3. The minimum atomic E-state index is -0.166. The van der Waals surface area contributed by atoms with Crippen LogP contribution in [0.3, 0.4) is 0 Å². The van der Waals surface area contributed by atoms with Crippen LogP contribution < -0.4 is 20.5 Å². The summed E-state index contributed by atoms with van der Waals surface area (Å²) in [6, 6.07) is 4.24. The van der Waals surface area contributed by atoms with Crippen molar-refractivity contribution in [3.05, 3.63) is 35.8 Å². The fraction of sp³-hybridized carbons (Fsp3) is 0.524. The SMILES string of the molecule is CCCC(CCO)Oc1nc(N)c2ncc(Cc3ccc(OCC(C)NC)nc3)n2n1. The van der Waals surface area contributed by atoms with Gasteiger partial charge in [-0.05, 0) is 26.0 Å². The van der Waals surface area contributed by atoms with Crippen LogP contribution in [0.15, 0.2) is 24.5 Å². The third-order valence-electron chi connectivity index (χ3n) is 4.93. The Labute approximate surface area is 181 Å². The predicted octanol–water partition coefficient (Wildman–Crippen LogP) is 1.61. The van der Waals surface area contributed by atoms with E-state index >= 15 is 0 Å². The monoisotopic (exact) mass is 429 g/mol. The Morgan fingerprint density at radius 2 is 2.06 bits per heavy atom. The lowest BCUT2D eigenvalue weighted by Gasteiger charge is -2.16. The Balaban J connectivity index is 1.75. The van der Waals surface area contributed by atoms with Gasteiger partial charge in [0.25, 0.3) is 0 Å². The molecule has 10 heteroatoms. The fourth-order valence-corrected chi connectivity index (χ4v) is 3.08. The molecular formula is C21H31N7O3. The molecule has 2 atom stereocenters. The molecule has 3 heterocycles.